The summed E-state index contributed by atoms with van der Waals surface area (Å²) in [5.41, 5.74) is 0.256. The quantitative estimate of drug-likeness (QED) is 0.290. The zero-order valence-corrected chi connectivity index (χ0v) is 20.2. The van der Waals surface area contributed by atoms with Gasteiger partial charge in [0.15, 0.2) is 0 Å². The number of carbonyl (C=O) groups is 1. The monoisotopic (exact) mass is 508 g/mol. The van der Waals surface area contributed by atoms with Crippen LogP contribution in [-0.4, -0.2) is 33.2 Å². The van der Waals surface area contributed by atoms with Crippen molar-refractivity contribution < 1.29 is 13.2 Å². The van der Waals surface area contributed by atoms with Crippen molar-refractivity contribution in [2.75, 3.05) is 23.1 Å². The Morgan fingerprint density at radius 3 is 2.25 bits per heavy atom. The Morgan fingerprint density at radius 2 is 1.56 bits per heavy atom. The molecule has 0 saturated carbocycles. The maximum absolute atomic E-state index is 13.3. The number of nitrogens with zero attached hydrogens (tertiary/aromatic N) is 1. The fourth-order valence-corrected chi connectivity index (χ4v) is 5.61. The molecule has 0 aliphatic carbocycles. The standard InChI is InChI=1S/C23H22Cl2N2O3S2/c24-18-11-13-19(14-12-18)31-16-6-15-26-23(28)17-27(22-10-5-4-9-21(22)25)32(29,30)20-7-2-1-3-8-20/h1-5,7-14H,6,15-17H2,(H,26,28). The van der Waals surface area contributed by atoms with Gasteiger partial charge in [-0.1, -0.05) is 53.5 Å². The molecule has 0 radical (unpaired) electrons. The van der Waals surface area contributed by atoms with E-state index in [1.54, 1.807) is 54.2 Å². The molecule has 5 nitrogen and oxygen atoms in total. The van der Waals surface area contributed by atoms with Crippen LogP contribution in [0.4, 0.5) is 5.69 Å². The van der Waals surface area contributed by atoms with Gasteiger partial charge in [0.25, 0.3) is 10.0 Å². The van der Waals surface area contributed by atoms with Gasteiger partial charge in [0, 0.05) is 16.5 Å². The molecule has 0 bridgehead atoms. The number of amides is 1. The average molecular weight is 509 g/mol. The lowest BCUT2D eigenvalue weighted by atomic mass is 10.3. The number of sulfonamides is 1. The minimum absolute atomic E-state index is 0.0899. The fraction of sp³-hybridized carbons (Fsp3) is 0.174. The highest BCUT2D eigenvalue weighted by Crippen LogP contribution is 2.30. The van der Waals surface area contributed by atoms with Crippen LogP contribution in [0.25, 0.3) is 0 Å². The number of para-hydroxylation sites is 1. The van der Waals surface area contributed by atoms with Crippen molar-refractivity contribution in [2.45, 2.75) is 16.2 Å². The Balaban J connectivity index is 1.62. The summed E-state index contributed by atoms with van der Waals surface area (Å²) < 4.78 is 27.5. The Labute approximate surface area is 202 Å². The second-order valence-corrected chi connectivity index (χ2v) is 10.7. The Hall–Kier alpha value is -2.19. The van der Waals surface area contributed by atoms with E-state index < -0.39 is 15.9 Å². The van der Waals surface area contributed by atoms with E-state index in [9.17, 15) is 13.2 Å². The minimum atomic E-state index is -3.97. The molecule has 3 aromatic carbocycles. The first-order chi connectivity index (χ1) is 15.4. The van der Waals surface area contributed by atoms with Gasteiger partial charge < -0.3 is 5.32 Å². The van der Waals surface area contributed by atoms with E-state index in [-0.39, 0.29) is 22.2 Å². The van der Waals surface area contributed by atoms with E-state index in [4.69, 9.17) is 23.2 Å². The zero-order chi connectivity index (χ0) is 23.0. The normalized spacial score (nSPS) is 11.2. The third kappa shape index (κ3) is 6.65. The van der Waals surface area contributed by atoms with Crippen LogP contribution in [0.5, 0.6) is 0 Å². The van der Waals surface area contributed by atoms with Crippen molar-refractivity contribution in [1.82, 2.24) is 5.32 Å². The summed E-state index contributed by atoms with van der Waals surface area (Å²) in [6, 6.07) is 22.1. The highest BCUT2D eigenvalue weighted by atomic mass is 35.5. The van der Waals surface area contributed by atoms with Gasteiger partial charge in [-0.25, -0.2) is 8.42 Å². The van der Waals surface area contributed by atoms with Crippen LogP contribution in [0, 0.1) is 0 Å². The molecule has 0 atom stereocenters. The van der Waals surface area contributed by atoms with Crippen LogP contribution in [-0.2, 0) is 14.8 Å². The third-order valence-corrected chi connectivity index (χ3v) is 7.91. The molecule has 0 heterocycles. The number of nitrogens with one attached hydrogen (secondary N) is 1. The van der Waals surface area contributed by atoms with E-state index >= 15 is 0 Å². The van der Waals surface area contributed by atoms with Crippen molar-refractivity contribution in [3.63, 3.8) is 0 Å². The van der Waals surface area contributed by atoms with Crippen molar-refractivity contribution in [1.29, 1.82) is 0 Å². The smallest absolute Gasteiger partial charge is 0.264 e. The van der Waals surface area contributed by atoms with Gasteiger partial charge in [0.1, 0.15) is 6.54 Å². The van der Waals surface area contributed by atoms with Crippen LogP contribution < -0.4 is 9.62 Å². The highest BCUT2D eigenvalue weighted by molar-refractivity contribution is 7.99. The molecule has 1 N–H and O–H groups in total. The number of anilines is 1. The lowest BCUT2D eigenvalue weighted by Gasteiger charge is -2.25. The summed E-state index contributed by atoms with van der Waals surface area (Å²) in [6.07, 6.45) is 0.733. The molecule has 168 valence electrons. The molecule has 32 heavy (non-hydrogen) atoms. The number of benzene rings is 3. The van der Waals surface area contributed by atoms with Crippen molar-refractivity contribution >= 4 is 56.6 Å². The number of carbonyl (C=O) groups excluding carboxylic acids is 1. The van der Waals surface area contributed by atoms with Gasteiger partial charge >= 0.3 is 0 Å². The first-order valence-corrected chi connectivity index (χ1v) is 13.0. The van der Waals surface area contributed by atoms with Gasteiger partial charge in [0.2, 0.25) is 5.91 Å². The van der Waals surface area contributed by atoms with Crippen LogP contribution in [0.2, 0.25) is 10.0 Å². The van der Waals surface area contributed by atoms with Crippen LogP contribution in [0.15, 0.2) is 88.7 Å². The molecular weight excluding hydrogens is 487 g/mol. The molecule has 0 aromatic heterocycles. The molecule has 1 amide bonds. The summed E-state index contributed by atoms with van der Waals surface area (Å²) in [5, 5.41) is 3.74. The van der Waals surface area contributed by atoms with Gasteiger partial charge in [-0.15, -0.1) is 11.8 Å². The van der Waals surface area contributed by atoms with Crippen molar-refractivity contribution in [3.8, 4) is 0 Å². The van der Waals surface area contributed by atoms with Crippen LogP contribution in [0.1, 0.15) is 6.42 Å². The molecule has 0 spiro atoms. The number of thioether (sulfide) groups is 1. The summed E-state index contributed by atoms with van der Waals surface area (Å²) in [7, 11) is -3.97. The van der Waals surface area contributed by atoms with Crippen molar-refractivity contribution in [2.24, 2.45) is 0 Å². The fourth-order valence-electron chi connectivity index (χ4n) is 2.88. The third-order valence-electron chi connectivity index (χ3n) is 4.47. The predicted octanol–water partition coefficient (Wildman–Crippen LogP) is 5.49. The van der Waals surface area contributed by atoms with E-state index in [0.29, 0.717) is 11.6 Å². The SMILES string of the molecule is O=C(CN(c1ccccc1Cl)S(=O)(=O)c1ccccc1)NCCCSc1ccc(Cl)cc1. The molecule has 0 aliphatic rings. The molecule has 0 aliphatic heterocycles. The lowest BCUT2D eigenvalue weighted by molar-refractivity contribution is -0.119. The second kappa shape index (κ2) is 11.6. The first kappa shape index (κ1) is 24.5. The van der Waals surface area contributed by atoms with E-state index in [2.05, 4.69) is 5.32 Å². The summed E-state index contributed by atoms with van der Waals surface area (Å²) >= 11 is 13.8. The summed E-state index contributed by atoms with van der Waals surface area (Å²) in [4.78, 5) is 13.8. The molecule has 0 unspecified atom stereocenters. The molecular formula is C23H22Cl2N2O3S2. The highest BCUT2D eigenvalue weighted by Gasteiger charge is 2.28. The molecule has 0 saturated heterocycles. The van der Waals surface area contributed by atoms with Gasteiger partial charge in [-0.2, -0.15) is 0 Å². The van der Waals surface area contributed by atoms with Crippen LogP contribution in [0.3, 0.4) is 0 Å². The van der Waals surface area contributed by atoms with Gasteiger partial charge in [-0.3, -0.25) is 9.10 Å². The number of halogens is 2. The molecule has 3 aromatic rings. The van der Waals surface area contributed by atoms with Crippen molar-refractivity contribution in [3.05, 3.63) is 88.9 Å². The zero-order valence-electron chi connectivity index (χ0n) is 17.1. The number of hydrogen-bond donors (Lipinski definition) is 1. The number of rotatable bonds is 10. The Kier molecular flexibility index (Phi) is 8.87. The van der Waals surface area contributed by atoms with E-state index in [1.165, 1.54) is 12.1 Å². The van der Waals surface area contributed by atoms with E-state index in [1.807, 2.05) is 24.3 Å². The predicted molar refractivity (Wildman–Crippen MR) is 132 cm³/mol. The van der Waals surface area contributed by atoms with Gasteiger partial charge in [-0.05, 0) is 60.7 Å². The first-order valence-electron chi connectivity index (χ1n) is 9.85. The second-order valence-electron chi connectivity index (χ2n) is 6.78. The largest absolute Gasteiger partial charge is 0.354 e. The van der Waals surface area contributed by atoms with Crippen LogP contribution >= 0.6 is 35.0 Å². The van der Waals surface area contributed by atoms with Gasteiger partial charge in [0.05, 0.1) is 15.6 Å². The molecule has 9 heteroatoms. The Morgan fingerprint density at radius 1 is 0.906 bits per heavy atom. The van der Waals surface area contributed by atoms with E-state index in [0.717, 1.165) is 21.4 Å². The summed E-state index contributed by atoms with van der Waals surface area (Å²) in [6.45, 7) is 0.0620. The average Bonchev–Trinajstić information content (AvgIpc) is 2.79. The summed E-state index contributed by atoms with van der Waals surface area (Å²) in [5.74, 6) is 0.402. The molecule has 3 rings (SSSR count). The molecule has 0 fully saturated rings. The number of hydrogen-bond acceptors (Lipinski definition) is 4. The Bertz CT molecular complexity index is 1140. The topological polar surface area (TPSA) is 66.5 Å². The minimum Gasteiger partial charge on any atom is -0.354 e. The maximum atomic E-state index is 13.3. The lowest BCUT2D eigenvalue weighted by Crippen LogP contribution is -2.41. The maximum Gasteiger partial charge on any atom is 0.264 e.